The monoisotopic (exact) mass is 458 g/mol. The van der Waals surface area contributed by atoms with Gasteiger partial charge in [0, 0.05) is 25.2 Å². The first-order valence-corrected chi connectivity index (χ1v) is 12.3. The van der Waals surface area contributed by atoms with Gasteiger partial charge in [0.15, 0.2) is 0 Å². The molecule has 1 spiro atoms. The zero-order valence-electron chi connectivity index (χ0n) is 21.6. The Balaban J connectivity index is 1.69. The fraction of sp³-hybridized carbons (Fsp3) is 0.704. The van der Waals surface area contributed by atoms with E-state index in [1.165, 1.54) is 12.0 Å². The number of benzene rings is 1. The quantitative estimate of drug-likeness (QED) is 0.577. The molecule has 1 aromatic carbocycles. The highest BCUT2D eigenvalue weighted by molar-refractivity contribution is 5.73. The lowest BCUT2D eigenvalue weighted by Crippen LogP contribution is -2.53. The van der Waals surface area contributed by atoms with E-state index in [9.17, 15) is 9.59 Å². The van der Waals surface area contributed by atoms with E-state index in [0.29, 0.717) is 6.42 Å². The normalized spacial score (nSPS) is 19.1. The SMILES string of the molecule is Cc1ccc(CN2CCCC23CCN(C(=O)OC(C)(C)C)CC3)c(CC(=O)OC(C)(C)C)c1. The number of esters is 1. The molecule has 1 aromatic rings. The first kappa shape index (κ1) is 25.5. The highest BCUT2D eigenvalue weighted by Crippen LogP contribution is 2.40. The molecule has 6 heteroatoms. The number of hydrogen-bond acceptors (Lipinski definition) is 5. The average molecular weight is 459 g/mol. The van der Waals surface area contributed by atoms with Crippen LogP contribution < -0.4 is 0 Å². The number of carbonyl (C=O) groups is 2. The van der Waals surface area contributed by atoms with Gasteiger partial charge < -0.3 is 14.4 Å². The van der Waals surface area contributed by atoms with Crippen LogP contribution in [0.4, 0.5) is 4.79 Å². The van der Waals surface area contributed by atoms with Crippen LogP contribution >= 0.6 is 0 Å². The van der Waals surface area contributed by atoms with Crippen molar-refractivity contribution in [2.75, 3.05) is 19.6 Å². The topological polar surface area (TPSA) is 59.1 Å². The molecular weight excluding hydrogens is 416 g/mol. The summed E-state index contributed by atoms with van der Waals surface area (Å²) in [7, 11) is 0. The van der Waals surface area contributed by atoms with Gasteiger partial charge in [0.25, 0.3) is 0 Å². The van der Waals surface area contributed by atoms with Crippen LogP contribution in [0.1, 0.15) is 83.9 Å². The van der Waals surface area contributed by atoms with Crippen molar-refractivity contribution in [3.05, 3.63) is 34.9 Å². The summed E-state index contributed by atoms with van der Waals surface area (Å²) in [5.41, 5.74) is 2.56. The molecule has 1 amide bonds. The summed E-state index contributed by atoms with van der Waals surface area (Å²) in [4.78, 5) is 29.5. The maximum Gasteiger partial charge on any atom is 0.410 e. The molecule has 0 aromatic heterocycles. The molecular formula is C27H42N2O4. The molecule has 0 N–H and O–H groups in total. The van der Waals surface area contributed by atoms with Crippen LogP contribution in [0.3, 0.4) is 0 Å². The second-order valence-corrected chi connectivity index (χ2v) is 11.8. The number of ether oxygens (including phenoxy) is 2. The first-order chi connectivity index (χ1) is 15.3. The molecule has 2 aliphatic heterocycles. The van der Waals surface area contributed by atoms with Gasteiger partial charge in [-0.2, -0.15) is 0 Å². The molecule has 0 radical (unpaired) electrons. The lowest BCUT2D eigenvalue weighted by Gasteiger charge is -2.45. The molecule has 0 saturated carbocycles. The third kappa shape index (κ3) is 6.95. The number of nitrogens with zero attached hydrogens (tertiary/aromatic N) is 2. The van der Waals surface area contributed by atoms with E-state index in [2.05, 4.69) is 30.0 Å². The van der Waals surface area contributed by atoms with E-state index in [0.717, 1.165) is 56.6 Å². The van der Waals surface area contributed by atoms with Crippen molar-refractivity contribution in [2.24, 2.45) is 0 Å². The highest BCUT2D eigenvalue weighted by Gasteiger charge is 2.44. The molecule has 0 aliphatic carbocycles. The second kappa shape index (κ2) is 9.65. The summed E-state index contributed by atoms with van der Waals surface area (Å²) >= 11 is 0. The summed E-state index contributed by atoms with van der Waals surface area (Å²) in [6.45, 7) is 16.8. The van der Waals surface area contributed by atoms with Crippen molar-refractivity contribution < 1.29 is 19.1 Å². The minimum atomic E-state index is -0.484. The Kier molecular flexibility index (Phi) is 7.47. The van der Waals surface area contributed by atoms with Crippen molar-refractivity contribution >= 4 is 12.1 Å². The Bertz CT molecular complexity index is 858. The van der Waals surface area contributed by atoms with E-state index in [4.69, 9.17) is 9.47 Å². The van der Waals surface area contributed by atoms with Crippen molar-refractivity contribution in [3.8, 4) is 0 Å². The number of piperidine rings is 1. The molecule has 184 valence electrons. The fourth-order valence-corrected chi connectivity index (χ4v) is 5.05. The van der Waals surface area contributed by atoms with Crippen molar-refractivity contribution in [1.82, 2.24) is 9.80 Å². The Labute approximate surface area is 199 Å². The third-order valence-corrected chi connectivity index (χ3v) is 6.56. The van der Waals surface area contributed by atoms with Crippen LogP contribution in [-0.4, -0.2) is 58.2 Å². The number of aryl methyl sites for hydroxylation is 1. The van der Waals surface area contributed by atoms with Crippen molar-refractivity contribution in [1.29, 1.82) is 0 Å². The summed E-state index contributed by atoms with van der Waals surface area (Å²) in [5, 5.41) is 0. The molecule has 0 atom stereocenters. The van der Waals surface area contributed by atoms with Gasteiger partial charge in [-0.25, -0.2) is 4.79 Å². The van der Waals surface area contributed by atoms with Crippen molar-refractivity contribution in [3.63, 3.8) is 0 Å². The van der Waals surface area contributed by atoms with Crippen molar-refractivity contribution in [2.45, 2.75) is 104 Å². The molecule has 0 bridgehead atoms. The van der Waals surface area contributed by atoms with Crippen LogP contribution in [0.2, 0.25) is 0 Å². The summed E-state index contributed by atoms with van der Waals surface area (Å²) in [6.07, 6.45) is 4.32. The van der Waals surface area contributed by atoms with Gasteiger partial charge in [-0.3, -0.25) is 9.69 Å². The first-order valence-electron chi connectivity index (χ1n) is 12.3. The highest BCUT2D eigenvalue weighted by atomic mass is 16.6. The van der Waals surface area contributed by atoms with Gasteiger partial charge in [-0.15, -0.1) is 0 Å². The lowest BCUT2D eigenvalue weighted by atomic mass is 9.84. The molecule has 0 unspecified atom stereocenters. The number of rotatable bonds is 4. The zero-order chi connectivity index (χ0) is 24.4. The average Bonchev–Trinajstić information content (AvgIpc) is 3.03. The van der Waals surface area contributed by atoms with Crippen LogP contribution in [0.5, 0.6) is 0 Å². The van der Waals surface area contributed by atoms with Gasteiger partial charge in [0.05, 0.1) is 6.42 Å². The standard InChI is InChI=1S/C27H42N2O4/c1-20-9-10-21(22(17-20)18-23(30)32-25(2,3)4)19-29-14-8-11-27(29)12-15-28(16-13-27)24(31)33-26(5,6)7/h9-10,17H,8,11-16,18-19H2,1-7H3. The Hall–Kier alpha value is -2.08. The lowest BCUT2D eigenvalue weighted by molar-refractivity contribution is -0.153. The summed E-state index contributed by atoms with van der Waals surface area (Å²) < 4.78 is 11.2. The largest absolute Gasteiger partial charge is 0.460 e. The van der Waals surface area contributed by atoms with Crippen LogP contribution in [0, 0.1) is 6.92 Å². The van der Waals surface area contributed by atoms with Gasteiger partial charge in [0.2, 0.25) is 0 Å². The van der Waals surface area contributed by atoms with E-state index < -0.39 is 11.2 Å². The van der Waals surface area contributed by atoms with Crippen LogP contribution in [0.15, 0.2) is 18.2 Å². The van der Waals surface area contributed by atoms with E-state index in [1.54, 1.807) is 0 Å². The van der Waals surface area contributed by atoms with E-state index in [1.807, 2.05) is 46.4 Å². The van der Waals surface area contributed by atoms with Crippen LogP contribution in [-0.2, 0) is 27.2 Å². The number of hydrogen-bond donors (Lipinski definition) is 0. The summed E-state index contributed by atoms with van der Waals surface area (Å²) in [6, 6.07) is 6.41. The van der Waals surface area contributed by atoms with Gasteiger partial charge in [-0.05, 0) is 91.8 Å². The number of amides is 1. The third-order valence-electron chi connectivity index (χ3n) is 6.56. The molecule has 2 fully saturated rings. The molecule has 33 heavy (non-hydrogen) atoms. The maximum absolute atomic E-state index is 12.5. The van der Waals surface area contributed by atoms with Gasteiger partial charge in [0.1, 0.15) is 11.2 Å². The Morgan fingerprint density at radius 2 is 1.55 bits per heavy atom. The van der Waals surface area contributed by atoms with Crippen LogP contribution in [0.25, 0.3) is 0 Å². The second-order valence-electron chi connectivity index (χ2n) is 11.8. The molecule has 2 aliphatic rings. The number of likely N-dealkylation sites (tertiary alicyclic amines) is 2. The number of carbonyl (C=O) groups excluding carboxylic acids is 2. The molecule has 2 saturated heterocycles. The Morgan fingerprint density at radius 3 is 2.15 bits per heavy atom. The van der Waals surface area contributed by atoms with E-state index >= 15 is 0 Å². The fourth-order valence-electron chi connectivity index (χ4n) is 5.05. The minimum absolute atomic E-state index is 0.118. The maximum atomic E-state index is 12.5. The predicted molar refractivity (Wildman–Crippen MR) is 130 cm³/mol. The predicted octanol–water partition coefficient (Wildman–Crippen LogP) is 5.24. The van der Waals surface area contributed by atoms with Gasteiger partial charge in [-0.1, -0.05) is 23.8 Å². The summed E-state index contributed by atoms with van der Waals surface area (Å²) in [5.74, 6) is -0.184. The molecule has 6 nitrogen and oxygen atoms in total. The zero-order valence-corrected chi connectivity index (χ0v) is 21.6. The minimum Gasteiger partial charge on any atom is -0.460 e. The molecule has 2 heterocycles. The molecule has 3 rings (SSSR count). The van der Waals surface area contributed by atoms with E-state index in [-0.39, 0.29) is 17.6 Å². The van der Waals surface area contributed by atoms with Gasteiger partial charge >= 0.3 is 12.1 Å². The Morgan fingerprint density at radius 1 is 0.909 bits per heavy atom. The smallest absolute Gasteiger partial charge is 0.410 e.